The van der Waals surface area contributed by atoms with Gasteiger partial charge in [-0.3, -0.25) is 24.5 Å². The number of benzene rings is 2. The van der Waals surface area contributed by atoms with Gasteiger partial charge in [-0.2, -0.15) is 0 Å². The minimum absolute atomic E-state index is 0.00959. The van der Waals surface area contributed by atoms with Crippen LogP contribution in [-0.4, -0.2) is 52.0 Å². The van der Waals surface area contributed by atoms with Crippen LogP contribution in [-0.2, 0) is 9.59 Å². The summed E-state index contributed by atoms with van der Waals surface area (Å²) in [4.78, 5) is 34.2. The highest BCUT2D eigenvalue weighted by Gasteiger charge is 2.36. The van der Waals surface area contributed by atoms with Gasteiger partial charge in [0, 0.05) is 78.1 Å². The van der Waals surface area contributed by atoms with Crippen LogP contribution in [0.15, 0.2) is 73.3 Å². The molecule has 3 aliphatic heterocycles. The molecule has 0 aliphatic carbocycles. The van der Waals surface area contributed by atoms with Gasteiger partial charge in [0.1, 0.15) is 48.4 Å². The third kappa shape index (κ3) is 8.39. The average molecular weight is 707 g/mol. The van der Waals surface area contributed by atoms with Crippen molar-refractivity contribution in [1.82, 2.24) is 14.9 Å². The van der Waals surface area contributed by atoms with Gasteiger partial charge in [0.05, 0.1) is 6.04 Å². The van der Waals surface area contributed by atoms with Crippen molar-refractivity contribution < 1.29 is 28.5 Å². The number of aromatic nitrogens is 2. The molecule has 4 atom stereocenters. The molecular weight excluding hydrogens is 656 g/mol. The summed E-state index contributed by atoms with van der Waals surface area (Å²) in [5.74, 6) is 3.81. The van der Waals surface area contributed by atoms with Crippen molar-refractivity contribution in [2.75, 3.05) is 13.2 Å². The first-order valence-electron chi connectivity index (χ1n) is 18.3. The number of rotatable bonds is 11. The predicted molar refractivity (Wildman–Crippen MR) is 200 cm³/mol. The zero-order valence-electron chi connectivity index (χ0n) is 31.0. The topological polar surface area (TPSA) is 126 Å². The molecule has 2 aromatic heterocycles. The molecule has 3 aliphatic rings. The maximum atomic E-state index is 12.2. The average Bonchev–Trinajstić information content (AvgIpc) is 3.46. The molecule has 0 bridgehead atoms. The number of hydrogen-bond acceptors (Lipinski definition) is 9. The van der Waals surface area contributed by atoms with E-state index in [4.69, 9.17) is 24.7 Å². The van der Waals surface area contributed by atoms with Crippen molar-refractivity contribution in [1.29, 1.82) is 0 Å². The second kappa shape index (κ2) is 16.2. The molecule has 2 unspecified atom stereocenters. The number of ether oxygens (including phenoxy) is 4. The molecule has 0 spiro atoms. The number of likely N-dealkylation sites (tertiary alicyclic amines) is 1. The molecule has 274 valence electrons. The Morgan fingerprint density at radius 3 is 1.67 bits per heavy atom. The monoisotopic (exact) mass is 706 g/mol. The van der Waals surface area contributed by atoms with E-state index in [9.17, 15) is 9.59 Å². The van der Waals surface area contributed by atoms with Crippen molar-refractivity contribution in [2.24, 2.45) is 17.6 Å². The van der Waals surface area contributed by atoms with Crippen molar-refractivity contribution in [3.63, 3.8) is 0 Å². The van der Waals surface area contributed by atoms with E-state index >= 15 is 0 Å². The molecule has 1 fully saturated rings. The Labute approximate surface area is 306 Å². The molecule has 10 heteroatoms. The van der Waals surface area contributed by atoms with E-state index in [-0.39, 0.29) is 42.7 Å². The highest BCUT2D eigenvalue weighted by atomic mass is 16.5. The number of amides is 2. The fraction of sp³-hybridized carbons (Fsp3) is 0.429. The van der Waals surface area contributed by atoms with Gasteiger partial charge in [0.15, 0.2) is 0 Å². The summed E-state index contributed by atoms with van der Waals surface area (Å²) < 4.78 is 24.0. The van der Waals surface area contributed by atoms with Gasteiger partial charge in [0.2, 0.25) is 11.8 Å². The van der Waals surface area contributed by atoms with E-state index in [1.165, 1.54) is 10.5 Å². The molecule has 1 saturated heterocycles. The van der Waals surface area contributed by atoms with E-state index in [2.05, 4.69) is 37.7 Å². The van der Waals surface area contributed by atoms with Crippen LogP contribution in [0.25, 0.3) is 22.3 Å². The molecule has 4 aromatic rings. The third-order valence-corrected chi connectivity index (χ3v) is 9.55. The van der Waals surface area contributed by atoms with Gasteiger partial charge in [-0.25, -0.2) is 0 Å². The first kappa shape index (κ1) is 36.8. The number of fused-ring (bicyclic) bond motifs is 6. The summed E-state index contributed by atoms with van der Waals surface area (Å²) in [5, 5.41) is 0. The molecule has 0 radical (unpaired) electrons. The molecule has 2 amide bonds. The number of nitrogens with two attached hydrogens (primary N) is 1. The van der Waals surface area contributed by atoms with Crippen molar-refractivity contribution in [3.8, 4) is 45.3 Å². The van der Waals surface area contributed by atoms with Crippen LogP contribution in [0.1, 0.15) is 90.6 Å². The van der Waals surface area contributed by atoms with Crippen LogP contribution in [0.3, 0.4) is 0 Å². The lowest BCUT2D eigenvalue weighted by Gasteiger charge is -2.28. The Morgan fingerprint density at radius 2 is 1.19 bits per heavy atom. The second-order valence-electron chi connectivity index (χ2n) is 14.7. The zero-order valence-corrected chi connectivity index (χ0v) is 31.0. The molecule has 0 saturated carbocycles. The normalized spacial score (nSPS) is 18.2. The van der Waals surface area contributed by atoms with Gasteiger partial charge in [-0.1, -0.05) is 27.7 Å². The van der Waals surface area contributed by atoms with Crippen LogP contribution >= 0.6 is 0 Å². The summed E-state index contributed by atoms with van der Waals surface area (Å²) in [6.45, 7) is 13.3. The van der Waals surface area contributed by atoms with Crippen molar-refractivity contribution >= 4 is 11.8 Å². The molecule has 52 heavy (non-hydrogen) atoms. The standard InChI is InChI=1S/C23H26N2O4.C19H24N2O2/c1-14(2)10-16(25-22(26)6-7-23(25)27)13-28-17-4-5-19-18-8-9-24-12-20(18)15(3)29-21(19)11-17;1-12(2)8-14(20)11-22-15-4-5-17-16-6-7-21-10-18(16)13(3)23-19(17)9-15/h4-5,8-9,11-12,14-16H,6-7,10,13H2,1-3H3;4-7,9-10,12-14H,8,11,20H2,1-3H3/t15?,16-;13?,14-/m00/s1. The molecule has 7 rings (SSSR count). The van der Waals surface area contributed by atoms with Crippen molar-refractivity contribution in [2.45, 2.75) is 91.5 Å². The van der Waals surface area contributed by atoms with E-state index in [1.54, 1.807) is 6.20 Å². The first-order chi connectivity index (χ1) is 25.0. The Balaban J connectivity index is 0.000000183. The summed E-state index contributed by atoms with van der Waals surface area (Å²) >= 11 is 0. The third-order valence-electron chi connectivity index (χ3n) is 9.55. The highest BCUT2D eigenvalue weighted by Crippen LogP contribution is 2.44. The smallest absolute Gasteiger partial charge is 0.230 e. The largest absolute Gasteiger partial charge is 0.492 e. The minimum Gasteiger partial charge on any atom is -0.492 e. The SMILES string of the molecule is CC(C)C[C@@H](COc1ccc2c(c1)OC(C)c1cnccc1-2)N1C(=O)CCC1=O.CC(C)C[C@H](N)COc1ccc2c(c1)OC(C)c1cnccc1-2. The van der Waals surface area contributed by atoms with Gasteiger partial charge in [0.25, 0.3) is 0 Å². The summed E-state index contributed by atoms with van der Waals surface area (Å²) in [6, 6.07) is 15.6. The molecular formula is C42H50N4O6. The number of carbonyl (C=O) groups is 2. The molecule has 2 aromatic carbocycles. The van der Waals surface area contributed by atoms with E-state index in [0.717, 1.165) is 57.9 Å². The number of carbonyl (C=O) groups excluding carboxylic acids is 2. The lowest BCUT2D eigenvalue weighted by Crippen LogP contribution is -2.43. The number of pyridine rings is 2. The quantitative estimate of drug-likeness (QED) is 0.154. The fourth-order valence-corrected chi connectivity index (χ4v) is 7.15. The lowest BCUT2D eigenvalue weighted by atomic mass is 9.95. The fourth-order valence-electron chi connectivity index (χ4n) is 7.15. The Kier molecular flexibility index (Phi) is 11.4. The number of nitrogens with zero attached hydrogens (tertiary/aromatic N) is 3. The zero-order chi connectivity index (χ0) is 36.9. The number of hydrogen-bond donors (Lipinski definition) is 1. The molecule has 5 heterocycles. The van der Waals surface area contributed by atoms with Crippen LogP contribution in [0.4, 0.5) is 0 Å². The summed E-state index contributed by atoms with van der Waals surface area (Å²) in [7, 11) is 0. The first-order valence-corrected chi connectivity index (χ1v) is 18.3. The summed E-state index contributed by atoms with van der Waals surface area (Å²) in [6.07, 6.45) is 9.49. The maximum absolute atomic E-state index is 12.2. The minimum atomic E-state index is -0.250. The van der Waals surface area contributed by atoms with Gasteiger partial charge in [-0.15, -0.1) is 0 Å². The molecule has 10 nitrogen and oxygen atoms in total. The Hall–Kier alpha value is -4.96. The van der Waals surface area contributed by atoms with Gasteiger partial charge < -0.3 is 24.7 Å². The highest BCUT2D eigenvalue weighted by molar-refractivity contribution is 6.02. The van der Waals surface area contributed by atoms with Crippen LogP contribution in [0.5, 0.6) is 23.0 Å². The van der Waals surface area contributed by atoms with Crippen molar-refractivity contribution in [3.05, 3.63) is 84.4 Å². The van der Waals surface area contributed by atoms with Gasteiger partial charge >= 0.3 is 0 Å². The van der Waals surface area contributed by atoms with Crippen LogP contribution in [0.2, 0.25) is 0 Å². The second-order valence-corrected chi connectivity index (χ2v) is 14.7. The van der Waals surface area contributed by atoms with Crippen LogP contribution in [0, 0.1) is 11.8 Å². The number of imide groups is 1. The van der Waals surface area contributed by atoms with E-state index < -0.39 is 0 Å². The summed E-state index contributed by atoms with van der Waals surface area (Å²) in [5.41, 5.74) is 12.7. The predicted octanol–water partition coefficient (Wildman–Crippen LogP) is 8.10. The Morgan fingerprint density at radius 1 is 0.712 bits per heavy atom. The molecule has 2 N–H and O–H groups in total. The Bertz CT molecular complexity index is 1880. The lowest BCUT2D eigenvalue weighted by molar-refractivity contribution is -0.142. The van der Waals surface area contributed by atoms with E-state index in [0.29, 0.717) is 37.0 Å². The van der Waals surface area contributed by atoms with E-state index in [1.807, 2.05) is 81.0 Å². The maximum Gasteiger partial charge on any atom is 0.230 e. The van der Waals surface area contributed by atoms with Gasteiger partial charge in [-0.05, 0) is 86.1 Å². The van der Waals surface area contributed by atoms with Crippen LogP contribution < -0.4 is 24.7 Å².